The summed E-state index contributed by atoms with van der Waals surface area (Å²) in [6.07, 6.45) is 4.02. The van der Waals surface area contributed by atoms with Crippen LogP contribution in [0.2, 0.25) is 0 Å². The molecular weight excluding hydrogens is 204 g/mol. The molecular formula is C13H22O3. The normalized spacial score (nSPS) is 27.8. The molecule has 0 heterocycles. The number of methoxy groups -OCH3 is 1. The molecule has 1 atom stereocenters. The molecule has 0 N–H and O–H groups in total. The lowest BCUT2D eigenvalue weighted by atomic mass is 9.63. The zero-order chi connectivity index (χ0) is 12.4. The molecule has 92 valence electrons. The first kappa shape index (κ1) is 13.2. The van der Waals surface area contributed by atoms with Gasteiger partial charge in [0.25, 0.3) is 0 Å². The third-order valence-corrected chi connectivity index (χ3v) is 4.36. The third-order valence-electron chi connectivity index (χ3n) is 4.36. The predicted octanol–water partition coefficient (Wildman–Crippen LogP) is 2.73. The average molecular weight is 226 g/mol. The summed E-state index contributed by atoms with van der Waals surface area (Å²) < 4.78 is 4.65. The molecule has 0 aliphatic heterocycles. The van der Waals surface area contributed by atoms with Crippen molar-refractivity contribution in [2.24, 2.45) is 10.8 Å². The number of carbonyl (C=O) groups is 2. The fourth-order valence-electron chi connectivity index (χ4n) is 3.12. The lowest BCUT2D eigenvalue weighted by molar-refractivity contribution is -0.143. The van der Waals surface area contributed by atoms with Gasteiger partial charge in [-0.1, -0.05) is 20.3 Å². The maximum Gasteiger partial charge on any atom is 0.305 e. The molecule has 0 aromatic heterocycles. The Morgan fingerprint density at radius 3 is 2.25 bits per heavy atom. The highest BCUT2D eigenvalue weighted by molar-refractivity contribution is 5.84. The van der Waals surface area contributed by atoms with Gasteiger partial charge in [0.05, 0.1) is 7.11 Å². The van der Waals surface area contributed by atoms with E-state index >= 15 is 0 Å². The molecule has 1 unspecified atom stereocenters. The van der Waals surface area contributed by atoms with Crippen molar-refractivity contribution in [3.05, 3.63) is 0 Å². The zero-order valence-corrected chi connectivity index (χ0v) is 10.8. The Kier molecular flexibility index (Phi) is 3.76. The molecule has 0 saturated heterocycles. The number of esters is 1. The largest absolute Gasteiger partial charge is 0.469 e. The van der Waals surface area contributed by atoms with Gasteiger partial charge in [-0.25, -0.2) is 0 Å². The summed E-state index contributed by atoms with van der Waals surface area (Å²) in [5, 5.41) is 0. The van der Waals surface area contributed by atoms with Crippen LogP contribution in [0.3, 0.4) is 0 Å². The number of rotatable bonds is 4. The maximum atomic E-state index is 11.9. The highest BCUT2D eigenvalue weighted by Crippen LogP contribution is 2.55. The van der Waals surface area contributed by atoms with Gasteiger partial charge in [0.15, 0.2) is 0 Å². The molecule has 1 rings (SSSR count). The lowest BCUT2D eigenvalue weighted by Crippen LogP contribution is -2.39. The van der Waals surface area contributed by atoms with Crippen molar-refractivity contribution < 1.29 is 14.3 Å². The van der Waals surface area contributed by atoms with Crippen molar-refractivity contribution in [3.63, 3.8) is 0 Å². The molecule has 1 aliphatic carbocycles. The zero-order valence-electron chi connectivity index (χ0n) is 10.8. The first-order valence-electron chi connectivity index (χ1n) is 5.93. The van der Waals surface area contributed by atoms with Gasteiger partial charge in [0.2, 0.25) is 0 Å². The lowest BCUT2D eigenvalue weighted by Gasteiger charge is -2.39. The van der Waals surface area contributed by atoms with Crippen LogP contribution in [0.25, 0.3) is 0 Å². The van der Waals surface area contributed by atoms with Crippen LogP contribution in [0.1, 0.15) is 52.9 Å². The van der Waals surface area contributed by atoms with Crippen LogP contribution in [-0.2, 0) is 14.3 Å². The van der Waals surface area contributed by atoms with Crippen LogP contribution < -0.4 is 0 Å². The Morgan fingerprint density at radius 2 is 1.88 bits per heavy atom. The number of hydrogen-bond donors (Lipinski definition) is 0. The van der Waals surface area contributed by atoms with Crippen LogP contribution in [0.4, 0.5) is 0 Å². The van der Waals surface area contributed by atoms with Crippen LogP contribution in [-0.4, -0.2) is 18.9 Å². The van der Waals surface area contributed by atoms with Crippen molar-refractivity contribution in [2.45, 2.75) is 52.9 Å². The molecule has 3 heteroatoms. The number of hydrogen-bond acceptors (Lipinski definition) is 3. The van der Waals surface area contributed by atoms with Crippen molar-refractivity contribution in [3.8, 4) is 0 Å². The monoisotopic (exact) mass is 226 g/mol. The minimum absolute atomic E-state index is 0.00680. The van der Waals surface area contributed by atoms with Gasteiger partial charge in [-0.05, 0) is 31.6 Å². The number of ketones is 1. The van der Waals surface area contributed by atoms with Crippen molar-refractivity contribution in [1.82, 2.24) is 0 Å². The first-order valence-corrected chi connectivity index (χ1v) is 5.93. The summed E-state index contributed by atoms with van der Waals surface area (Å²) in [6, 6.07) is 0. The van der Waals surface area contributed by atoms with Gasteiger partial charge >= 0.3 is 5.97 Å². The standard InChI is InChI=1S/C13H22O3/c1-10(14)13(9-6-11(15)16-4)8-5-7-12(13,2)3/h5-9H2,1-4H3. The van der Waals surface area contributed by atoms with E-state index in [0.29, 0.717) is 12.8 Å². The number of Topliss-reactive ketones (excluding diaryl/α,β-unsaturated/α-hetero) is 1. The molecule has 0 bridgehead atoms. The smallest absolute Gasteiger partial charge is 0.305 e. The van der Waals surface area contributed by atoms with Crippen LogP contribution >= 0.6 is 0 Å². The van der Waals surface area contributed by atoms with Crippen molar-refractivity contribution in [1.29, 1.82) is 0 Å². The van der Waals surface area contributed by atoms with E-state index in [0.717, 1.165) is 19.3 Å². The Labute approximate surface area is 97.5 Å². The molecule has 0 spiro atoms. The third kappa shape index (κ3) is 2.13. The number of carbonyl (C=O) groups excluding carboxylic acids is 2. The summed E-state index contributed by atoms with van der Waals surface area (Å²) in [5.41, 5.74) is -0.311. The minimum Gasteiger partial charge on any atom is -0.469 e. The summed E-state index contributed by atoms with van der Waals surface area (Å²) in [7, 11) is 1.39. The molecule has 0 aromatic rings. The topological polar surface area (TPSA) is 43.4 Å². The molecule has 1 aliphatic rings. The van der Waals surface area contributed by atoms with Gasteiger partial charge < -0.3 is 4.74 Å². The van der Waals surface area contributed by atoms with Gasteiger partial charge in [0, 0.05) is 11.8 Å². The fourth-order valence-corrected chi connectivity index (χ4v) is 3.12. The van der Waals surface area contributed by atoms with E-state index in [1.165, 1.54) is 7.11 Å². The van der Waals surface area contributed by atoms with Crippen molar-refractivity contribution >= 4 is 11.8 Å². The van der Waals surface area contributed by atoms with E-state index in [9.17, 15) is 9.59 Å². The first-order chi connectivity index (χ1) is 7.35. The predicted molar refractivity (Wildman–Crippen MR) is 62.0 cm³/mol. The molecule has 1 fully saturated rings. The van der Waals surface area contributed by atoms with E-state index < -0.39 is 0 Å². The van der Waals surface area contributed by atoms with Gasteiger partial charge in [-0.2, -0.15) is 0 Å². The van der Waals surface area contributed by atoms with Crippen LogP contribution in [0, 0.1) is 10.8 Å². The highest BCUT2D eigenvalue weighted by Gasteiger charge is 2.51. The summed E-state index contributed by atoms with van der Waals surface area (Å²) in [5.74, 6) is 0.00206. The quantitative estimate of drug-likeness (QED) is 0.692. The van der Waals surface area contributed by atoms with Gasteiger partial charge in [-0.3, -0.25) is 9.59 Å². The minimum atomic E-state index is -0.318. The Morgan fingerprint density at radius 1 is 1.25 bits per heavy atom. The fraction of sp³-hybridized carbons (Fsp3) is 0.846. The second kappa shape index (κ2) is 4.56. The molecule has 0 aromatic carbocycles. The summed E-state index contributed by atoms with van der Waals surface area (Å²) >= 11 is 0. The van der Waals surface area contributed by atoms with E-state index in [1.807, 2.05) is 0 Å². The Bertz CT molecular complexity index is 294. The summed E-state index contributed by atoms with van der Waals surface area (Å²) in [6.45, 7) is 5.93. The second-order valence-electron chi connectivity index (χ2n) is 5.45. The Balaban J connectivity index is 2.82. The SMILES string of the molecule is COC(=O)CCC1(C(C)=O)CCCC1(C)C. The van der Waals surface area contributed by atoms with Gasteiger partial charge in [0.1, 0.15) is 5.78 Å². The van der Waals surface area contributed by atoms with E-state index in [4.69, 9.17) is 0 Å². The van der Waals surface area contributed by atoms with E-state index in [-0.39, 0.29) is 22.6 Å². The van der Waals surface area contributed by atoms with Gasteiger partial charge in [-0.15, -0.1) is 0 Å². The molecule has 0 radical (unpaired) electrons. The van der Waals surface area contributed by atoms with E-state index in [2.05, 4.69) is 18.6 Å². The van der Waals surface area contributed by atoms with Crippen LogP contribution in [0.15, 0.2) is 0 Å². The highest BCUT2D eigenvalue weighted by atomic mass is 16.5. The molecule has 0 amide bonds. The van der Waals surface area contributed by atoms with E-state index in [1.54, 1.807) is 6.92 Å². The van der Waals surface area contributed by atoms with Crippen molar-refractivity contribution in [2.75, 3.05) is 7.11 Å². The molecule has 3 nitrogen and oxygen atoms in total. The molecule has 16 heavy (non-hydrogen) atoms. The molecule has 1 saturated carbocycles. The average Bonchev–Trinajstić information content (AvgIpc) is 2.51. The second-order valence-corrected chi connectivity index (χ2v) is 5.45. The summed E-state index contributed by atoms with van der Waals surface area (Å²) in [4.78, 5) is 23.1. The Hall–Kier alpha value is -0.860. The number of ether oxygens (including phenoxy) is 1. The van der Waals surface area contributed by atoms with Crippen LogP contribution in [0.5, 0.6) is 0 Å². The maximum absolute atomic E-state index is 11.9.